The summed E-state index contributed by atoms with van der Waals surface area (Å²) in [6.07, 6.45) is 4.99. The molecule has 25 heavy (non-hydrogen) atoms. The number of hydrogen-bond acceptors (Lipinski definition) is 3. The van der Waals surface area contributed by atoms with Gasteiger partial charge in [-0.1, -0.05) is 13.0 Å². The Morgan fingerprint density at radius 2 is 1.88 bits per heavy atom. The molecular formula is C19H31Cl2N3O. The zero-order valence-electron chi connectivity index (χ0n) is 15.0. The van der Waals surface area contributed by atoms with E-state index in [1.54, 1.807) is 6.07 Å². The standard InChI is InChI=1S/C19H29N3O.2ClH/c1-15-7-10-21(11-8-15)13-16-4-3-9-22(14-16)19(23)17-5-2-6-18(20)12-17;;/h2,5-6,12,15-16H,3-4,7-11,13-14,20H2,1H3;2*1H. The predicted octanol–water partition coefficient (Wildman–Crippen LogP) is 3.70. The Hall–Kier alpha value is -0.970. The first-order chi connectivity index (χ1) is 11.1. The van der Waals surface area contributed by atoms with Crippen LogP contribution in [0.1, 0.15) is 43.0 Å². The van der Waals surface area contributed by atoms with Crippen LogP contribution in [0, 0.1) is 11.8 Å². The molecule has 2 aliphatic heterocycles. The summed E-state index contributed by atoms with van der Waals surface area (Å²) in [5.74, 6) is 1.62. The van der Waals surface area contributed by atoms with E-state index in [4.69, 9.17) is 5.73 Å². The number of rotatable bonds is 3. The zero-order valence-corrected chi connectivity index (χ0v) is 16.7. The van der Waals surface area contributed by atoms with Gasteiger partial charge >= 0.3 is 0 Å². The molecule has 1 unspecified atom stereocenters. The van der Waals surface area contributed by atoms with Crippen LogP contribution in [-0.4, -0.2) is 48.4 Å². The molecule has 0 radical (unpaired) electrons. The van der Waals surface area contributed by atoms with E-state index < -0.39 is 0 Å². The molecule has 2 fully saturated rings. The Morgan fingerprint density at radius 3 is 2.56 bits per heavy atom. The number of carbonyl (C=O) groups excluding carboxylic acids is 1. The van der Waals surface area contributed by atoms with Gasteiger partial charge in [0.05, 0.1) is 0 Å². The third-order valence-electron chi connectivity index (χ3n) is 5.33. The van der Waals surface area contributed by atoms with E-state index in [1.165, 1.54) is 32.4 Å². The molecule has 0 bridgehead atoms. The molecule has 1 aromatic carbocycles. The van der Waals surface area contributed by atoms with Crippen LogP contribution < -0.4 is 5.73 Å². The Kier molecular flexibility index (Phi) is 9.04. The minimum absolute atomic E-state index is 0. The van der Waals surface area contributed by atoms with Crippen LogP contribution in [0.3, 0.4) is 0 Å². The first kappa shape index (κ1) is 22.1. The highest BCUT2D eigenvalue weighted by Crippen LogP contribution is 2.23. The van der Waals surface area contributed by atoms with Gasteiger partial charge in [0, 0.05) is 30.9 Å². The van der Waals surface area contributed by atoms with Gasteiger partial charge in [-0.15, -0.1) is 24.8 Å². The lowest BCUT2D eigenvalue weighted by molar-refractivity contribution is 0.0622. The van der Waals surface area contributed by atoms with Gasteiger partial charge in [-0.3, -0.25) is 4.79 Å². The van der Waals surface area contributed by atoms with E-state index in [9.17, 15) is 4.79 Å². The lowest BCUT2D eigenvalue weighted by Crippen LogP contribution is -2.45. The molecule has 6 heteroatoms. The van der Waals surface area contributed by atoms with Crippen molar-refractivity contribution >= 4 is 36.4 Å². The largest absolute Gasteiger partial charge is 0.399 e. The maximum Gasteiger partial charge on any atom is 0.253 e. The quantitative estimate of drug-likeness (QED) is 0.804. The van der Waals surface area contributed by atoms with Gasteiger partial charge in [0.25, 0.3) is 5.91 Å². The second kappa shape index (κ2) is 10.2. The van der Waals surface area contributed by atoms with E-state index in [2.05, 4.69) is 11.8 Å². The summed E-state index contributed by atoms with van der Waals surface area (Å²) >= 11 is 0. The number of anilines is 1. The minimum Gasteiger partial charge on any atom is -0.399 e. The summed E-state index contributed by atoms with van der Waals surface area (Å²) in [6.45, 7) is 7.71. The SMILES string of the molecule is CC1CCN(CC2CCCN(C(=O)c3cccc(N)c3)C2)CC1.Cl.Cl. The van der Waals surface area contributed by atoms with Gasteiger partial charge in [0.15, 0.2) is 0 Å². The lowest BCUT2D eigenvalue weighted by atomic mass is 9.94. The highest BCUT2D eigenvalue weighted by atomic mass is 35.5. The number of nitrogens with two attached hydrogens (primary N) is 1. The molecule has 1 aromatic rings. The van der Waals surface area contributed by atoms with E-state index in [0.29, 0.717) is 11.6 Å². The first-order valence-electron chi connectivity index (χ1n) is 8.99. The fourth-order valence-corrected chi connectivity index (χ4v) is 3.86. The van der Waals surface area contributed by atoms with Crippen molar-refractivity contribution in [2.45, 2.75) is 32.6 Å². The Morgan fingerprint density at radius 1 is 1.16 bits per heavy atom. The lowest BCUT2D eigenvalue weighted by Gasteiger charge is -2.38. The van der Waals surface area contributed by atoms with Gasteiger partial charge in [-0.05, 0) is 68.8 Å². The van der Waals surface area contributed by atoms with Crippen LogP contribution in [-0.2, 0) is 0 Å². The third kappa shape index (κ3) is 6.05. The average Bonchev–Trinajstić information content (AvgIpc) is 2.56. The molecule has 2 saturated heterocycles. The van der Waals surface area contributed by atoms with E-state index in [-0.39, 0.29) is 30.7 Å². The Labute approximate surface area is 163 Å². The molecule has 2 N–H and O–H groups in total. The number of amides is 1. The molecule has 0 saturated carbocycles. The van der Waals surface area contributed by atoms with Crippen molar-refractivity contribution in [1.82, 2.24) is 9.80 Å². The summed E-state index contributed by atoms with van der Waals surface area (Å²) in [4.78, 5) is 17.3. The zero-order chi connectivity index (χ0) is 16.2. The molecule has 0 aromatic heterocycles. The topological polar surface area (TPSA) is 49.6 Å². The number of nitrogens with zero attached hydrogens (tertiary/aromatic N) is 2. The molecule has 2 aliphatic rings. The molecule has 142 valence electrons. The van der Waals surface area contributed by atoms with Gasteiger partial charge in [-0.25, -0.2) is 0 Å². The summed E-state index contributed by atoms with van der Waals surface area (Å²) in [7, 11) is 0. The molecule has 1 amide bonds. The average molecular weight is 388 g/mol. The second-order valence-electron chi connectivity index (χ2n) is 7.37. The summed E-state index contributed by atoms with van der Waals surface area (Å²) < 4.78 is 0. The fraction of sp³-hybridized carbons (Fsp3) is 0.632. The molecule has 0 aliphatic carbocycles. The van der Waals surface area contributed by atoms with Crippen molar-refractivity contribution in [2.24, 2.45) is 11.8 Å². The predicted molar refractivity (Wildman–Crippen MR) is 109 cm³/mol. The van der Waals surface area contributed by atoms with Crippen molar-refractivity contribution in [2.75, 3.05) is 38.5 Å². The fourth-order valence-electron chi connectivity index (χ4n) is 3.86. The van der Waals surface area contributed by atoms with Crippen LogP contribution in [0.25, 0.3) is 0 Å². The monoisotopic (exact) mass is 387 g/mol. The smallest absolute Gasteiger partial charge is 0.253 e. The van der Waals surface area contributed by atoms with Crippen LogP contribution in [0.5, 0.6) is 0 Å². The molecule has 3 rings (SSSR count). The van der Waals surface area contributed by atoms with Crippen LogP contribution in [0.4, 0.5) is 5.69 Å². The van der Waals surface area contributed by atoms with Gasteiger partial charge < -0.3 is 15.5 Å². The molecule has 1 atom stereocenters. The minimum atomic E-state index is 0. The highest BCUT2D eigenvalue weighted by molar-refractivity contribution is 5.95. The molecule has 2 heterocycles. The van der Waals surface area contributed by atoms with Crippen molar-refractivity contribution in [3.8, 4) is 0 Å². The summed E-state index contributed by atoms with van der Waals surface area (Å²) in [5.41, 5.74) is 7.19. The van der Waals surface area contributed by atoms with E-state index in [0.717, 1.165) is 37.5 Å². The van der Waals surface area contributed by atoms with Crippen LogP contribution in [0.2, 0.25) is 0 Å². The first-order valence-corrected chi connectivity index (χ1v) is 8.99. The van der Waals surface area contributed by atoms with E-state index >= 15 is 0 Å². The van der Waals surface area contributed by atoms with Crippen molar-refractivity contribution < 1.29 is 4.79 Å². The summed E-state index contributed by atoms with van der Waals surface area (Å²) in [5, 5.41) is 0. The van der Waals surface area contributed by atoms with Gasteiger partial charge in [0.1, 0.15) is 0 Å². The van der Waals surface area contributed by atoms with Gasteiger partial charge in [0.2, 0.25) is 0 Å². The van der Waals surface area contributed by atoms with Crippen molar-refractivity contribution in [3.63, 3.8) is 0 Å². The number of likely N-dealkylation sites (tertiary alicyclic amines) is 2. The number of benzene rings is 1. The molecular weight excluding hydrogens is 357 g/mol. The highest BCUT2D eigenvalue weighted by Gasteiger charge is 2.27. The second-order valence-corrected chi connectivity index (χ2v) is 7.37. The number of carbonyl (C=O) groups is 1. The Bertz CT molecular complexity index is 547. The molecule has 0 spiro atoms. The van der Waals surface area contributed by atoms with Gasteiger partial charge in [-0.2, -0.15) is 0 Å². The van der Waals surface area contributed by atoms with Crippen molar-refractivity contribution in [3.05, 3.63) is 29.8 Å². The maximum atomic E-state index is 12.7. The third-order valence-corrected chi connectivity index (χ3v) is 5.33. The van der Waals surface area contributed by atoms with E-state index in [1.807, 2.05) is 23.1 Å². The van der Waals surface area contributed by atoms with Crippen LogP contribution >= 0.6 is 24.8 Å². The van der Waals surface area contributed by atoms with Crippen LogP contribution in [0.15, 0.2) is 24.3 Å². The number of piperidine rings is 2. The summed E-state index contributed by atoms with van der Waals surface area (Å²) in [6, 6.07) is 7.35. The number of nitrogen functional groups attached to an aromatic ring is 1. The maximum absolute atomic E-state index is 12.7. The normalized spacial score (nSPS) is 22.0. The van der Waals surface area contributed by atoms with Crippen molar-refractivity contribution in [1.29, 1.82) is 0 Å². The molecule has 4 nitrogen and oxygen atoms in total. The number of halogens is 2. The Balaban J connectivity index is 0.00000156. The number of hydrogen-bond donors (Lipinski definition) is 1.